The minimum Gasteiger partial charge on any atom is -0.494 e. The number of nitrogens with zero attached hydrogens (tertiary/aromatic N) is 2. The van der Waals surface area contributed by atoms with E-state index in [-0.39, 0.29) is 11.8 Å². The molecule has 1 N–H and O–H groups in total. The highest BCUT2D eigenvalue weighted by Gasteiger charge is 2.48. The number of hydrogen-bond acceptors (Lipinski definition) is 4. The van der Waals surface area contributed by atoms with Gasteiger partial charge in [0.05, 0.1) is 24.5 Å². The molecule has 0 unspecified atom stereocenters. The van der Waals surface area contributed by atoms with Crippen molar-refractivity contribution in [3.63, 3.8) is 0 Å². The lowest BCUT2D eigenvalue weighted by Crippen LogP contribution is -2.44. The van der Waals surface area contributed by atoms with Crippen molar-refractivity contribution in [3.05, 3.63) is 24.0 Å². The van der Waals surface area contributed by atoms with E-state index in [2.05, 4.69) is 4.98 Å². The molecule has 0 bridgehead atoms. The van der Waals surface area contributed by atoms with Crippen molar-refractivity contribution < 1.29 is 14.6 Å². The smallest absolute Gasteiger partial charge is 0.257 e. The summed E-state index contributed by atoms with van der Waals surface area (Å²) in [5.74, 6) is 1.10. The van der Waals surface area contributed by atoms with Gasteiger partial charge in [-0.15, -0.1) is 0 Å². The average molecular weight is 304 g/mol. The highest BCUT2D eigenvalue weighted by Crippen LogP contribution is 2.44. The van der Waals surface area contributed by atoms with Crippen LogP contribution in [0.5, 0.6) is 5.75 Å². The highest BCUT2D eigenvalue weighted by molar-refractivity contribution is 5.97. The first-order valence-electron chi connectivity index (χ1n) is 8.08. The van der Waals surface area contributed by atoms with Crippen molar-refractivity contribution in [1.82, 2.24) is 9.88 Å². The Balaban J connectivity index is 1.81. The van der Waals surface area contributed by atoms with Gasteiger partial charge in [0.2, 0.25) is 0 Å². The van der Waals surface area contributed by atoms with Crippen LogP contribution in [0, 0.1) is 11.8 Å². The Labute approximate surface area is 131 Å². The average Bonchev–Trinajstić information content (AvgIpc) is 3.00. The molecule has 0 spiro atoms. The number of amides is 1. The summed E-state index contributed by atoms with van der Waals surface area (Å²) in [4.78, 5) is 18.7. The predicted octanol–water partition coefficient (Wildman–Crippen LogP) is 2.10. The van der Waals surface area contributed by atoms with Gasteiger partial charge in [0.1, 0.15) is 5.75 Å². The number of aromatic nitrogens is 1. The lowest BCUT2D eigenvalue weighted by atomic mass is 9.69. The van der Waals surface area contributed by atoms with E-state index in [9.17, 15) is 9.90 Å². The predicted molar refractivity (Wildman–Crippen MR) is 82.8 cm³/mol. The summed E-state index contributed by atoms with van der Waals surface area (Å²) in [5.41, 5.74) is -0.0588. The molecule has 1 aliphatic carbocycles. The van der Waals surface area contributed by atoms with Gasteiger partial charge in [-0.3, -0.25) is 9.78 Å². The second-order valence-electron chi connectivity index (χ2n) is 6.50. The summed E-state index contributed by atoms with van der Waals surface area (Å²) in [6, 6.07) is 1.70. The minimum atomic E-state index is -0.611. The van der Waals surface area contributed by atoms with E-state index in [4.69, 9.17) is 4.74 Å². The summed E-state index contributed by atoms with van der Waals surface area (Å²) >= 11 is 0. The van der Waals surface area contributed by atoms with Crippen molar-refractivity contribution in [2.75, 3.05) is 20.2 Å². The maximum absolute atomic E-state index is 12.8. The fraction of sp³-hybridized carbons (Fsp3) is 0.647. The maximum atomic E-state index is 12.8. The molecule has 0 aromatic carbocycles. The monoisotopic (exact) mass is 304 g/mol. The normalized spacial score (nSPS) is 31.0. The minimum absolute atomic E-state index is 0.0212. The van der Waals surface area contributed by atoms with E-state index in [0.717, 1.165) is 32.2 Å². The first-order valence-corrected chi connectivity index (χ1v) is 8.08. The molecule has 3 rings (SSSR count). The molecule has 1 aromatic rings. The lowest BCUT2D eigenvalue weighted by molar-refractivity contribution is -0.0609. The van der Waals surface area contributed by atoms with Gasteiger partial charge in [0, 0.05) is 25.2 Å². The van der Waals surface area contributed by atoms with Gasteiger partial charge in [0.15, 0.2) is 0 Å². The van der Waals surface area contributed by atoms with Crippen molar-refractivity contribution in [2.45, 2.75) is 38.2 Å². The molecule has 5 nitrogen and oxygen atoms in total. The Bertz CT molecular complexity index is 563. The molecule has 2 fully saturated rings. The SMILES string of the molecule is CC[C@]1(O)CCC[C@H]2CN(C(=O)c3ccncc3OC)C[C@H]21. The van der Waals surface area contributed by atoms with Crippen LogP contribution in [0.3, 0.4) is 0 Å². The summed E-state index contributed by atoms with van der Waals surface area (Å²) < 4.78 is 5.25. The second-order valence-corrected chi connectivity index (χ2v) is 6.50. The molecular weight excluding hydrogens is 280 g/mol. The van der Waals surface area contributed by atoms with Crippen LogP contribution >= 0.6 is 0 Å². The number of carbonyl (C=O) groups is 1. The summed E-state index contributed by atoms with van der Waals surface area (Å²) in [6.07, 6.45) is 6.94. The number of pyridine rings is 1. The summed E-state index contributed by atoms with van der Waals surface area (Å²) in [5, 5.41) is 10.8. The van der Waals surface area contributed by atoms with E-state index < -0.39 is 5.60 Å². The first-order chi connectivity index (χ1) is 10.6. The van der Waals surface area contributed by atoms with Crippen LogP contribution in [0.2, 0.25) is 0 Å². The summed E-state index contributed by atoms with van der Waals surface area (Å²) in [6.45, 7) is 3.41. The number of hydrogen-bond donors (Lipinski definition) is 1. The molecule has 0 radical (unpaired) electrons. The molecule has 2 heterocycles. The van der Waals surface area contributed by atoms with Gasteiger partial charge < -0.3 is 14.7 Å². The molecular formula is C17H24N2O3. The van der Waals surface area contributed by atoms with Crippen LogP contribution < -0.4 is 4.74 Å². The first kappa shape index (κ1) is 15.3. The third-order valence-corrected chi connectivity index (χ3v) is 5.45. The third-order valence-electron chi connectivity index (χ3n) is 5.45. The van der Waals surface area contributed by atoms with Crippen molar-refractivity contribution in [3.8, 4) is 5.75 Å². The number of rotatable bonds is 3. The van der Waals surface area contributed by atoms with E-state index in [1.165, 1.54) is 0 Å². The number of carbonyl (C=O) groups excluding carboxylic acids is 1. The topological polar surface area (TPSA) is 62.7 Å². The highest BCUT2D eigenvalue weighted by atomic mass is 16.5. The fourth-order valence-corrected chi connectivity index (χ4v) is 4.12. The lowest BCUT2D eigenvalue weighted by Gasteiger charge is -2.40. The van der Waals surface area contributed by atoms with Crippen LogP contribution in [-0.2, 0) is 0 Å². The Morgan fingerprint density at radius 2 is 2.36 bits per heavy atom. The van der Waals surface area contributed by atoms with Crippen LogP contribution in [0.25, 0.3) is 0 Å². The van der Waals surface area contributed by atoms with Crippen molar-refractivity contribution in [2.24, 2.45) is 11.8 Å². The van der Waals surface area contributed by atoms with Crippen LogP contribution in [0.4, 0.5) is 0 Å². The van der Waals surface area contributed by atoms with E-state index in [1.807, 2.05) is 11.8 Å². The van der Waals surface area contributed by atoms with E-state index in [0.29, 0.717) is 23.8 Å². The molecule has 5 heteroatoms. The van der Waals surface area contributed by atoms with Crippen molar-refractivity contribution >= 4 is 5.91 Å². The maximum Gasteiger partial charge on any atom is 0.257 e. The number of likely N-dealkylation sites (tertiary alicyclic amines) is 1. The zero-order valence-electron chi connectivity index (χ0n) is 13.3. The molecule has 2 aliphatic rings. The van der Waals surface area contributed by atoms with Crippen LogP contribution in [0.15, 0.2) is 18.5 Å². The van der Waals surface area contributed by atoms with E-state index in [1.54, 1.807) is 25.6 Å². The van der Waals surface area contributed by atoms with E-state index >= 15 is 0 Å². The molecule has 1 amide bonds. The third kappa shape index (κ3) is 2.47. The number of aliphatic hydroxyl groups is 1. The second kappa shape index (κ2) is 5.88. The zero-order valence-corrected chi connectivity index (χ0v) is 13.3. The Hall–Kier alpha value is -1.62. The number of methoxy groups -OCH3 is 1. The molecule has 22 heavy (non-hydrogen) atoms. The Morgan fingerprint density at radius 3 is 3.09 bits per heavy atom. The van der Waals surface area contributed by atoms with Gasteiger partial charge in [-0.2, -0.15) is 0 Å². The Morgan fingerprint density at radius 1 is 1.55 bits per heavy atom. The van der Waals surface area contributed by atoms with Crippen LogP contribution in [0.1, 0.15) is 43.0 Å². The van der Waals surface area contributed by atoms with Crippen molar-refractivity contribution in [1.29, 1.82) is 0 Å². The molecule has 120 valence electrons. The molecule has 1 saturated carbocycles. The Kier molecular flexibility index (Phi) is 4.08. The number of fused-ring (bicyclic) bond motifs is 1. The molecule has 3 atom stereocenters. The molecule has 1 aliphatic heterocycles. The largest absolute Gasteiger partial charge is 0.494 e. The van der Waals surface area contributed by atoms with Gasteiger partial charge in [0.25, 0.3) is 5.91 Å². The van der Waals surface area contributed by atoms with Gasteiger partial charge >= 0.3 is 0 Å². The fourth-order valence-electron chi connectivity index (χ4n) is 4.12. The van der Waals surface area contributed by atoms with Gasteiger partial charge in [-0.25, -0.2) is 0 Å². The number of ether oxygens (including phenoxy) is 1. The summed E-state index contributed by atoms with van der Waals surface area (Å²) in [7, 11) is 1.55. The van der Waals surface area contributed by atoms with Gasteiger partial charge in [-0.05, 0) is 31.2 Å². The molecule has 1 saturated heterocycles. The molecule has 1 aromatic heterocycles. The zero-order chi connectivity index (χ0) is 15.7. The standard InChI is InChI=1S/C17H24N2O3/c1-3-17(21)7-4-5-12-10-19(11-14(12)17)16(20)13-6-8-18-9-15(13)22-2/h6,8-9,12,14,21H,3-5,7,10-11H2,1-2H3/t12-,14+,17-/m0/s1. The van der Waals surface area contributed by atoms with Gasteiger partial charge in [-0.1, -0.05) is 13.3 Å². The quantitative estimate of drug-likeness (QED) is 0.929. The van der Waals surface area contributed by atoms with Crippen LogP contribution in [-0.4, -0.2) is 46.7 Å².